The van der Waals surface area contributed by atoms with Crippen molar-refractivity contribution < 1.29 is 14.6 Å². The van der Waals surface area contributed by atoms with E-state index in [2.05, 4.69) is 5.32 Å². The second-order valence-corrected chi connectivity index (χ2v) is 4.77. The maximum atomic E-state index is 10.2. The Labute approximate surface area is 112 Å². The van der Waals surface area contributed by atoms with Crippen LogP contribution in [0.25, 0.3) is 0 Å². The third-order valence-electron chi connectivity index (χ3n) is 3.39. The molecule has 0 amide bonds. The summed E-state index contributed by atoms with van der Waals surface area (Å²) in [7, 11) is 3.07. The Hall–Kier alpha value is -1.13. The lowest BCUT2D eigenvalue weighted by Gasteiger charge is -2.25. The standard InChI is InChI=1S/C13H18ClNO3/c1-17-10-7-9(8-3-5-15-6-4-8)12(16)11(14)13(10)18-2/h7-8,15-16H,3-6H2,1-2H3. The van der Waals surface area contributed by atoms with E-state index < -0.39 is 0 Å². The van der Waals surface area contributed by atoms with Crippen LogP contribution in [-0.4, -0.2) is 32.4 Å². The molecule has 0 bridgehead atoms. The normalized spacial score (nSPS) is 16.6. The number of rotatable bonds is 3. The number of benzene rings is 1. The zero-order valence-corrected chi connectivity index (χ0v) is 11.4. The monoisotopic (exact) mass is 271 g/mol. The summed E-state index contributed by atoms with van der Waals surface area (Å²) >= 11 is 6.13. The number of piperidine rings is 1. The topological polar surface area (TPSA) is 50.7 Å². The van der Waals surface area contributed by atoms with Gasteiger partial charge in [0.1, 0.15) is 10.8 Å². The van der Waals surface area contributed by atoms with E-state index in [0.29, 0.717) is 17.4 Å². The molecule has 1 aliphatic heterocycles. The molecule has 0 aromatic heterocycles. The number of phenols is 1. The SMILES string of the molecule is COc1cc(C2CCNCC2)c(O)c(Cl)c1OC. The Balaban J connectivity index is 2.44. The zero-order chi connectivity index (χ0) is 13.1. The lowest BCUT2D eigenvalue weighted by molar-refractivity contribution is 0.348. The molecule has 0 atom stereocenters. The molecule has 0 aliphatic carbocycles. The average Bonchev–Trinajstić information content (AvgIpc) is 2.42. The van der Waals surface area contributed by atoms with Crippen molar-refractivity contribution in [2.45, 2.75) is 18.8 Å². The van der Waals surface area contributed by atoms with Crippen LogP contribution in [0.4, 0.5) is 0 Å². The molecular weight excluding hydrogens is 254 g/mol. The van der Waals surface area contributed by atoms with E-state index in [9.17, 15) is 5.11 Å². The van der Waals surface area contributed by atoms with Gasteiger partial charge < -0.3 is 19.9 Å². The van der Waals surface area contributed by atoms with Crippen molar-refractivity contribution in [1.82, 2.24) is 5.32 Å². The van der Waals surface area contributed by atoms with Crippen molar-refractivity contribution >= 4 is 11.6 Å². The molecule has 5 heteroatoms. The van der Waals surface area contributed by atoms with Crippen LogP contribution in [0.3, 0.4) is 0 Å². The summed E-state index contributed by atoms with van der Waals surface area (Å²) in [4.78, 5) is 0. The molecule has 1 saturated heterocycles. The highest BCUT2D eigenvalue weighted by Crippen LogP contribution is 2.46. The van der Waals surface area contributed by atoms with Crippen molar-refractivity contribution in [3.05, 3.63) is 16.7 Å². The van der Waals surface area contributed by atoms with Gasteiger partial charge in [0.25, 0.3) is 0 Å². The van der Waals surface area contributed by atoms with Gasteiger partial charge in [0.05, 0.1) is 14.2 Å². The van der Waals surface area contributed by atoms with E-state index >= 15 is 0 Å². The molecule has 0 unspecified atom stereocenters. The summed E-state index contributed by atoms with van der Waals surface area (Å²) < 4.78 is 10.4. The first-order valence-electron chi connectivity index (χ1n) is 6.03. The van der Waals surface area contributed by atoms with Crippen LogP contribution in [0.5, 0.6) is 17.2 Å². The van der Waals surface area contributed by atoms with E-state index in [0.717, 1.165) is 31.5 Å². The Kier molecular flexibility index (Phi) is 4.19. The summed E-state index contributed by atoms with van der Waals surface area (Å²) in [6, 6.07) is 1.83. The molecule has 0 saturated carbocycles. The zero-order valence-electron chi connectivity index (χ0n) is 10.6. The third-order valence-corrected chi connectivity index (χ3v) is 3.74. The van der Waals surface area contributed by atoms with Gasteiger partial charge in [-0.05, 0) is 37.9 Å². The van der Waals surface area contributed by atoms with E-state index in [1.54, 1.807) is 7.11 Å². The van der Waals surface area contributed by atoms with Crippen LogP contribution >= 0.6 is 11.6 Å². The van der Waals surface area contributed by atoms with Crippen LogP contribution in [-0.2, 0) is 0 Å². The number of hydrogen-bond acceptors (Lipinski definition) is 4. The van der Waals surface area contributed by atoms with Crippen molar-refractivity contribution in [2.75, 3.05) is 27.3 Å². The number of aromatic hydroxyl groups is 1. The minimum absolute atomic E-state index is 0.112. The summed E-state index contributed by atoms with van der Waals surface area (Å²) in [5.74, 6) is 1.37. The van der Waals surface area contributed by atoms with Crippen LogP contribution in [0, 0.1) is 0 Å². The highest BCUT2D eigenvalue weighted by Gasteiger charge is 2.24. The largest absolute Gasteiger partial charge is 0.506 e. The second-order valence-electron chi connectivity index (χ2n) is 4.39. The van der Waals surface area contributed by atoms with Crippen molar-refractivity contribution in [2.24, 2.45) is 0 Å². The van der Waals surface area contributed by atoms with Gasteiger partial charge in [-0.2, -0.15) is 0 Å². The van der Waals surface area contributed by atoms with Crippen molar-refractivity contribution in [1.29, 1.82) is 0 Å². The second kappa shape index (κ2) is 5.67. The molecule has 0 radical (unpaired) electrons. The van der Waals surface area contributed by atoms with Crippen LogP contribution in [0.15, 0.2) is 6.07 Å². The molecule has 2 N–H and O–H groups in total. The number of hydrogen-bond donors (Lipinski definition) is 2. The van der Waals surface area contributed by atoms with Gasteiger partial charge >= 0.3 is 0 Å². The van der Waals surface area contributed by atoms with Crippen LogP contribution < -0.4 is 14.8 Å². The third kappa shape index (κ3) is 2.35. The minimum atomic E-state index is 0.112. The molecule has 4 nitrogen and oxygen atoms in total. The molecule has 1 fully saturated rings. The summed E-state index contributed by atoms with van der Waals surface area (Å²) in [6.07, 6.45) is 1.97. The molecule has 1 heterocycles. The van der Waals surface area contributed by atoms with Crippen molar-refractivity contribution in [3.63, 3.8) is 0 Å². The molecule has 1 aromatic carbocycles. The van der Waals surface area contributed by atoms with Gasteiger partial charge in [0.15, 0.2) is 11.5 Å². The molecule has 1 aliphatic rings. The first kappa shape index (κ1) is 13.3. The number of nitrogens with one attached hydrogen (secondary N) is 1. The Morgan fingerprint density at radius 1 is 1.28 bits per heavy atom. The highest BCUT2D eigenvalue weighted by atomic mass is 35.5. The molecule has 0 spiro atoms. The van der Waals surface area contributed by atoms with E-state index in [1.807, 2.05) is 6.07 Å². The molecule has 18 heavy (non-hydrogen) atoms. The predicted molar refractivity (Wildman–Crippen MR) is 71.1 cm³/mol. The number of phenolic OH excluding ortho intramolecular Hbond substituents is 1. The Morgan fingerprint density at radius 3 is 2.50 bits per heavy atom. The van der Waals surface area contributed by atoms with E-state index in [-0.39, 0.29) is 10.8 Å². The smallest absolute Gasteiger partial charge is 0.183 e. The molecule has 1 aromatic rings. The van der Waals surface area contributed by atoms with Gasteiger partial charge in [-0.25, -0.2) is 0 Å². The minimum Gasteiger partial charge on any atom is -0.506 e. The number of methoxy groups -OCH3 is 2. The molecule has 100 valence electrons. The maximum Gasteiger partial charge on any atom is 0.183 e. The average molecular weight is 272 g/mol. The quantitative estimate of drug-likeness (QED) is 0.887. The van der Waals surface area contributed by atoms with Gasteiger partial charge in [-0.15, -0.1) is 0 Å². The first-order chi connectivity index (χ1) is 8.69. The molecular formula is C13H18ClNO3. The number of halogens is 1. The predicted octanol–water partition coefficient (Wildman–Crippen LogP) is 2.53. The summed E-state index contributed by atoms with van der Waals surface area (Å²) in [6.45, 7) is 1.91. The van der Waals surface area contributed by atoms with Gasteiger partial charge in [-0.1, -0.05) is 11.6 Å². The first-order valence-corrected chi connectivity index (χ1v) is 6.40. The van der Waals surface area contributed by atoms with E-state index in [4.69, 9.17) is 21.1 Å². The Morgan fingerprint density at radius 2 is 1.94 bits per heavy atom. The fraction of sp³-hybridized carbons (Fsp3) is 0.538. The van der Waals surface area contributed by atoms with E-state index in [1.165, 1.54) is 7.11 Å². The van der Waals surface area contributed by atoms with Crippen LogP contribution in [0.1, 0.15) is 24.3 Å². The fourth-order valence-corrected chi connectivity index (χ4v) is 2.68. The van der Waals surface area contributed by atoms with Crippen LogP contribution in [0.2, 0.25) is 5.02 Å². The van der Waals surface area contributed by atoms with Gasteiger partial charge in [-0.3, -0.25) is 0 Å². The maximum absolute atomic E-state index is 10.2. The molecule has 2 rings (SSSR count). The highest BCUT2D eigenvalue weighted by molar-refractivity contribution is 6.33. The number of ether oxygens (including phenoxy) is 2. The lowest BCUT2D eigenvalue weighted by atomic mass is 9.89. The fourth-order valence-electron chi connectivity index (χ4n) is 2.40. The van der Waals surface area contributed by atoms with Gasteiger partial charge in [0.2, 0.25) is 0 Å². The lowest BCUT2D eigenvalue weighted by Crippen LogP contribution is -2.26. The summed E-state index contributed by atoms with van der Waals surface area (Å²) in [5.41, 5.74) is 0.846. The van der Waals surface area contributed by atoms with Crippen molar-refractivity contribution in [3.8, 4) is 17.2 Å². The Bertz CT molecular complexity index is 431. The summed E-state index contributed by atoms with van der Waals surface area (Å²) in [5, 5.41) is 13.7. The van der Waals surface area contributed by atoms with Gasteiger partial charge in [0, 0.05) is 5.56 Å².